The molecule has 0 aliphatic rings. The van der Waals surface area contributed by atoms with E-state index < -0.39 is 5.97 Å². The summed E-state index contributed by atoms with van der Waals surface area (Å²) in [4.78, 5) is 16.5. The third-order valence-corrected chi connectivity index (χ3v) is 5.36. The summed E-state index contributed by atoms with van der Waals surface area (Å²) in [6.45, 7) is 2.39. The maximum atomic E-state index is 11.9. The summed E-state index contributed by atoms with van der Waals surface area (Å²) >= 11 is 0. The summed E-state index contributed by atoms with van der Waals surface area (Å²) in [5.41, 5.74) is 5.15. The largest absolute Gasteiger partial charge is 0.478 e. The van der Waals surface area contributed by atoms with Crippen molar-refractivity contribution in [1.82, 2.24) is 14.8 Å². The normalized spacial score (nSPS) is 11.1. The van der Waals surface area contributed by atoms with Crippen LogP contribution in [0.3, 0.4) is 0 Å². The number of nitrogens with zero attached hydrogens (tertiary/aromatic N) is 3. The van der Waals surface area contributed by atoms with Crippen LogP contribution >= 0.6 is 0 Å². The van der Waals surface area contributed by atoms with E-state index >= 15 is 0 Å². The van der Waals surface area contributed by atoms with Gasteiger partial charge < -0.3 is 9.52 Å². The molecule has 0 spiro atoms. The highest BCUT2D eigenvalue weighted by Crippen LogP contribution is 2.28. The van der Waals surface area contributed by atoms with Gasteiger partial charge in [0, 0.05) is 5.69 Å². The summed E-state index contributed by atoms with van der Waals surface area (Å²) in [6.07, 6.45) is 1.53. The number of hydrogen-bond donors (Lipinski definition) is 1. The molecular weight excluding hydrogens is 390 g/mol. The number of hydrogen-bond acceptors (Lipinski definition) is 4. The van der Waals surface area contributed by atoms with Gasteiger partial charge >= 0.3 is 5.97 Å². The van der Waals surface area contributed by atoms with Gasteiger partial charge in [-0.25, -0.2) is 9.78 Å². The lowest BCUT2D eigenvalue weighted by molar-refractivity contribution is 0.0699. The first-order valence-corrected chi connectivity index (χ1v) is 9.90. The first-order valence-electron chi connectivity index (χ1n) is 9.90. The molecule has 0 unspecified atom stereocenters. The topological polar surface area (TPSA) is 81.2 Å². The molecule has 1 N–H and O–H groups in total. The SMILES string of the molecule is Cc1c2c(C(=O)O)cc(-c3ccco3)nc2nn1Cc1ccc(-c2ccccc2)cc1. The molecule has 0 aliphatic carbocycles. The fraction of sp³-hybridized carbons (Fsp3) is 0.0800. The number of aromatic carboxylic acids is 1. The summed E-state index contributed by atoms with van der Waals surface area (Å²) in [5, 5.41) is 14.9. The molecule has 5 rings (SSSR count). The summed E-state index contributed by atoms with van der Waals surface area (Å²) in [5.74, 6) is -0.511. The average Bonchev–Trinajstić information content (AvgIpc) is 3.43. The van der Waals surface area contributed by atoms with Gasteiger partial charge in [0.25, 0.3) is 0 Å². The van der Waals surface area contributed by atoms with E-state index in [-0.39, 0.29) is 5.56 Å². The van der Waals surface area contributed by atoms with Crippen LogP contribution in [-0.4, -0.2) is 25.8 Å². The summed E-state index contributed by atoms with van der Waals surface area (Å²) < 4.78 is 7.19. The summed E-state index contributed by atoms with van der Waals surface area (Å²) in [7, 11) is 0. The number of benzene rings is 2. The second kappa shape index (κ2) is 7.57. The van der Waals surface area contributed by atoms with Crippen molar-refractivity contribution in [2.45, 2.75) is 13.5 Å². The highest BCUT2D eigenvalue weighted by atomic mass is 16.4. The lowest BCUT2D eigenvalue weighted by Gasteiger charge is -2.07. The van der Waals surface area contributed by atoms with E-state index in [2.05, 4.69) is 46.5 Å². The zero-order chi connectivity index (χ0) is 21.4. The molecule has 6 nitrogen and oxygen atoms in total. The minimum atomic E-state index is -1.02. The van der Waals surface area contributed by atoms with Gasteiger partial charge in [0.05, 0.1) is 23.8 Å². The van der Waals surface area contributed by atoms with Crippen molar-refractivity contribution in [3.05, 3.63) is 95.9 Å². The van der Waals surface area contributed by atoms with Crippen LogP contribution in [0.15, 0.2) is 83.5 Å². The minimum absolute atomic E-state index is 0.166. The molecule has 0 bridgehead atoms. The smallest absolute Gasteiger partial charge is 0.336 e. The Hall–Kier alpha value is -4.19. The Morgan fingerprint density at radius 1 is 1.00 bits per heavy atom. The molecule has 0 atom stereocenters. The van der Waals surface area contributed by atoms with Crippen LogP contribution in [0.25, 0.3) is 33.6 Å². The average molecular weight is 409 g/mol. The molecule has 0 saturated carbocycles. The number of carbonyl (C=O) groups is 1. The van der Waals surface area contributed by atoms with Crippen molar-refractivity contribution >= 4 is 17.0 Å². The van der Waals surface area contributed by atoms with Gasteiger partial charge in [-0.05, 0) is 41.8 Å². The molecule has 5 aromatic rings. The predicted octanol–water partition coefficient (Wildman–Crippen LogP) is 5.41. The number of furan rings is 1. The molecule has 0 fully saturated rings. The van der Waals surface area contributed by atoms with Crippen LogP contribution in [0.5, 0.6) is 0 Å². The lowest BCUT2D eigenvalue weighted by atomic mass is 10.0. The van der Waals surface area contributed by atoms with Crippen LogP contribution in [0, 0.1) is 6.92 Å². The van der Waals surface area contributed by atoms with Gasteiger partial charge in [0.2, 0.25) is 0 Å². The van der Waals surface area contributed by atoms with Gasteiger partial charge in [-0.1, -0.05) is 54.6 Å². The second-order valence-electron chi connectivity index (χ2n) is 7.34. The van der Waals surface area contributed by atoms with Crippen molar-refractivity contribution in [2.24, 2.45) is 0 Å². The van der Waals surface area contributed by atoms with E-state index in [0.29, 0.717) is 29.0 Å². The number of fused-ring (bicyclic) bond motifs is 1. The molecule has 152 valence electrons. The van der Waals surface area contributed by atoms with Crippen LogP contribution in [0.2, 0.25) is 0 Å². The highest BCUT2D eigenvalue weighted by Gasteiger charge is 2.20. The zero-order valence-electron chi connectivity index (χ0n) is 16.8. The van der Waals surface area contributed by atoms with E-state index in [1.165, 1.54) is 12.3 Å². The molecule has 0 amide bonds. The number of aromatic nitrogens is 3. The molecule has 0 saturated heterocycles. The van der Waals surface area contributed by atoms with E-state index in [4.69, 9.17) is 4.42 Å². The molecule has 3 aromatic heterocycles. The van der Waals surface area contributed by atoms with Crippen molar-refractivity contribution < 1.29 is 14.3 Å². The molecule has 0 aliphatic heterocycles. The van der Waals surface area contributed by atoms with Gasteiger partial charge in [-0.2, -0.15) is 5.10 Å². The molecule has 6 heteroatoms. The maximum absolute atomic E-state index is 11.9. The summed E-state index contributed by atoms with van der Waals surface area (Å²) in [6, 6.07) is 23.5. The van der Waals surface area contributed by atoms with Gasteiger partial charge in [-0.3, -0.25) is 4.68 Å². The van der Waals surface area contributed by atoms with E-state index in [0.717, 1.165) is 22.4 Å². The Balaban J connectivity index is 1.52. The maximum Gasteiger partial charge on any atom is 0.336 e. The minimum Gasteiger partial charge on any atom is -0.478 e. The van der Waals surface area contributed by atoms with Gasteiger partial charge in [-0.15, -0.1) is 0 Å². The Morgan fingerprint density at radius 2 is 1.74 bits per heavy atom. The quantitative estimate of drug-likeness (QED) is 0.420. The van der Waals surface area contributed by atoms with Gasteiger partial charge in [0.1, 0.15) is 5.69 Å². The fourth-order valence-electron chi connectivity index (χ4n) is 3.76. The number of carboxylic acids is 1. The third-order valence-electron chi connectivity index (χ3n) is 5.36. The standard InChI is InChI=1S/C25H19N3O3/c1-16-23-20(25(29)30)14-21(22-8-5-13-31-22)26-24(23)27-28(16)15-17-9-11-19(12-10-17)18-6-3-2-4-7-18/h2-14H,15H2,1H3,(H,29,30). The Labute approximate surface area is 178 Å². The molecular formula is C25H19N3O3. The Kier molecular flexibility index (Phi) is 4.59. The van der Waals surface area contributed by atoms with Crippen LogP contribution in [0.1, 0.15) is 21.6 Å². The zero-order valence-corrected chi connectivity index (χ0v) is 16.8. The number of carboxylic acid groups (broad SMARTS) is 1. The molecule has 0 radical (unpaired) electrons. The third kappa shape index (κ3) is 3.48. The van der Waals surface area contributed by atoms with Crippen molar-refractivity contribution in [3.8, 4) is 22.6 Å². The Bertz CT molecular complexity index is 1370. The molecule has 31 heavy (non-hydrogen) atoms. The Morgan fingerprint density at radius 3 is 2.42 bits per heavy atom. The van der Waals surface area contributed by atoms with E-state index in [1.54, 1.807) is 16.8 Å². The number of aryl methyl sites for hydroxylation is 1. The van der Waals surface area contributed by atoms with E-state index in [1.807, 2.05) is 25.1 Å². The fourth-order valence-corrected chi connectivity index (χ4v) is 3.76. The number of rotatable bonds is 5. The first-order chi connectivity index (χ1) is 15.1. The predicted molar refractivity (Wildman–Crippen MR) is 118 cm³/mol. The van der Waals surface area contributed by atoms with Crippen molar-refractivity contribution in [1.29, 1.82) is 0 Å². The van der Waals surface area contributed by atoms with Gasteiger partial charge in [0.15, 0.2) is 11.4 Å². The van der Waals surface area contributed by atoms with E-state index in [9.17, 15) is 9.90 Å². The molecule has 3 heterocycles. The monoisotopic (exact) mass is 409 g/mol. The molecule has 2 aromatic carbocycles. The van der Waals surface area contributed by atoms with Crippen LogP contribution < -0.4 is 0 Å². The highest BCUT2D eigenvalue weighted by molar-refractivity contribution is 6.03. The van der Waals surface area contributed by atoms with Crippen LogP contribution in [0.4, 0.5) is 0 Å². The first kappa shape index (κ1) is 18.8. The number of pyridine rings is 1. The van der Waals surface area contributed by atoms with Crippen molar-refractivity contribution in [2.75, 3.05) is 0 Å². The second-order valence-corrected chi connectivity index (χ2v) is 7.34. The lowest BCUT2D eigenvalue weighted by Crippen LogP contribution is -2.04. The van der Waals surface area contributed by atoms with Crippen molar-refractivity contribution in [3.63, 3.8) is 0 Å². The van der Waals surface area contributed by atoms with Crippen LogP contribution in [-0.2, 0) is 6.54 Å².